The van der Waals surface area contributed by atoms with E-state index >= 15 is 0 Å². The first kappa shape index (κ1) is 13.2. The van der Waals surface area contributed by atoms with Gasteiger partial charge in [0.25, 0.3) is 0 Å². The summed E-state index contributed by atoms with van der Waals surface area (Å²) in [5.41, 5.74) is 5.18. The van der Waals surface area contributed by atoms with E-state index in [1.807, 2.05) is 24.4 Å². The topological polar surface area (TPSA) is 50.9 Å². The molecule has 3 N–H and O–H groups in total. The molecule has 2 aromatic heterocycles. The average Bonchev–Trinajstić information content (AvgIpc) is 3.01. The van der Waals surface area contributed by atoms with Gasteiger partial charge in [-0.3, -0.25) is 16.3 Å². The van der Waals surface area contributed by atoms with Crippen molar-refractivity contribution >= 4 is 22.2 Å². The molecule has 0 bridgehead atoms. The molecule has 102 valence electrons. The summed E-state index contributed by atoms with van der Waals surface area (Å²) < 4.78 is 0. The van der Waals surface area contributed by atoms with Gasteiger partial charge in [-0.2, -0.15) is 0 Å². The molecule has 4 heteroatoms. The molecule has 0 aliphatic carbocycles. The van der Waals surface area contributed by atoms with E-state index in [1.54, 1.807) is 11.3 Å². The number of nitrogens with zero attached hydrogens (tertiary/aromatic N) is 1. The first-order valence-electron chi connectivity index (χ1n) is 6.70. The van der Waals surface area contributed by atoms with E-state index in [0.29, 0.717) is 0 Å². The van der Waals surface area contributed by atoms with Crippen LogP contribution in [-0.2, 0) is 6.42 Å². The molecule has 2 heterocycles. The minimum Gasteiger partial charge on any atom is -0.271 e. The summed E-state index contributed by atoms with van der Waals surface area (Å²) in [6.07, 6.45) is 3.83. The summed E-state index contributed by atoms with van der Waals surface area (Å²) in [6, 6.07) is 14.7. The molecule has 3 aromatic rings. The van der Waals surface area contributed by atoms with Crippen LogP contribution in [0.1, 0.15) is 22.9 Å². The molecule has 0 aliphatic heterocycles. The van der Waals surface area contributed by atoms with Gasteiger partial charge in [-0.05, 0) is 42.0 Å². The van der Waals surface area contributed by atoms with Gasteiger partial charge in [-0.1, -0.05) is 24.3 Å². The Balaban J connectivity index is 1.87. The molecule has 20 heavy (non-hydrogen) atoms. The second-order valence-corrected chi connectivity index (χ2v) is 5.79. The van der Waals surface area contributed by atoms with E-state index in [-0.39, 0.29) is 6.04 Å². The second-order valence-electron chi connectivity index (χ2n) is 4.75. The predicted octanol–water partition coefficient (Wildman–Crippen LogP) is 3.43. The molecule has 3 rings (SSSR count). The van der Waals surface area contributed by atoms with E-state index < -0.39 is 0 Å². The SMILES string of the molecule is NNC(CCc1cccs1)c1cccc2ncccc12. The van der Waals surface area contributed by atoms with Crippen molar-refractivity contribution in [2.45, 2.75) is 18.9 Å². The maximum atomic E-state index is 5.77. The van der Waals surface area contributed by atoms with Crippen LogP contribution in [0.3, 0.4) is 0 Å². The Kier molecular flexibility index (Phi) is 4.06. The zero-order chi connectivity index (χ0) is 13.8. The minimum atomic E-state index is 0.144. The van der Waals surface area contributed by atoms with Crippen molar-refractivity contribution in [3.8, 4) is 0 Å². The van der Waals surface area contributed by atoms with Gasteiger partial charge in [0.2, 0.25) is 0 Å². The zero-order valence-electron chi connectivity index (χ0n) is 11.1. The Morgan fingerprint density at radius 1 is 1.15 bits per heavy atom. The number of nitrogens with two attached hydrogens (primary N) is 1. The van der Waals surface area contributed by atoms with Gasteiger partial charge in [0, 0.05) is 22.5 Å². The van der Waals surface area contributed by atoms with Crippen molar-refractivity contribution in [1.82, 2.24) is 10.4 Å². The molecule has 1 atom stereocenters. The summed E-state index contributed by atoms with van der Waals surface area (Å²) in [6.45, 7) is 0. The van der Waals surface area contributed by atoms with Crippen LogP contribution < -0.4 is 11.3 Å². The van der Waals surface area contributed by atoms with Crippen molar-refractivity contribution in [3.05, 3.63) is 64.5 Å². The van der Waals surface area contributed by atoms with Crippen LogP contribution >= 0.6 is 11.3 Å². The highest BCUT2D eigenvalue weighted by Gasteiger charge is 2.13. The number of pyridine rings is 1. The van der Waals surface area contributed by atoms with E-state index in [9.17, 15) is 0 Å². The molecule has 0 aliphatic rings. The van der Waals surface area contributed by atoms with Crippen LogP contribution in [0.15, 0.2) is 54.0 Å². The third-order valence-corrected chi connectivity index (χ3v) is 4.45. The van der Waals surface area contributed by atoms with Crippen LogP contribution in [0, 0.1) is 0 Å². The Hall–Kier alpha value is -1.75. The van der Waals surface area contributed by atoms with E-state index in [2.05, 4.69) is 40.1 Å². The van der Waals surface area contributed by atoms with Crippen molar-refractivity contribution < 1.29 is 0 Å². The number of hydrogen-bond acceptors (Lipinski definition) is 4. The third kappa shape index (κ3) is 2.72. The number of benzene rings is 1. The van der Waals surface area contributed by atoms with Gasteiger partial charge in [-0.15, -0.1) is 11.3 Å². The molecule has 0 fully saturated rings. The lowest BCUT2D eigenvalue weighted by Crippen LogP contribution is -2.28. The van der Waals surface area contributed by atoms with E-state index in [1.165, 1.54) is 15.8 Å². The zero-order valence-corrected chi connectivity index (χ0v) is 11.9. The first-order valence-corrected chi connectivity index (χ1v) is 7.58. The lowest BCUT2D eigenvalue weighted by molar-refractivity contribution is 0.521. The van der Waals surface area contributed by atoms with Gasteiger partial charge < -0.3 is 0 Å². The fourth-order valence-electron chi connectivity index (χ4n) is 2.50. The monoisotopic (exact) mass is 283 g/mol. The lowest BCUT2D eigenvalue weighted by atomic mass is 9.98. The summed E-state index contributed by atoms with van der Waals surface area (Å²) in [7, 11) is 0. The quantitative estimate of drug-likeness (QED) is 0.557. The maximum absolute atomic E-state index is 5.77. The van der Waals surface area contributed by atoms with Crippen LogP contribution in [-0.4, -0.2) is 4.98 Å². The third-order valence-electron chi connectivity index (χ3n) is 3.52. The number of aryl methyl sites for hydroxylation is 1. The minimum absolute atomic E-state index is 0.144. The summed E-state index contributed by atoms with van der Waals surface area (Å²) in [5, 5.41) is 3.28. The highest BCUT2D eigenvalue weighted by atomic mass is 32.1. The highest BCUT2D eigenvalue weighted by molar-refractivity contribution is 7.09. The van der Waals surface area contributed by atoms with E-state index in [4.69, 9.17) is 5.84 Å². The summed E-state index contributed by atoms with van der Waals surface area (Å²) in [5.74, 6) is 5.77. The molecule has 1 aromatic carbocycles. The maximum Gasteiger partial charge on any atom is 0.0705 e. The van der Waals surface area contributed by atoms with Crippen molar-refractivity contribution in [1.29, 1.82) is 0 Å². The highest BCUT2D eigenvalue weighted by Crippen LogP contribution is 2.26. The Labute approximate surface area is 122 Å². The largest absolute Gasteiger partial charge is 0.271 e. The molecule has 0 amide bonds. The number of hydrazine groups is 1. The normalized spacial score (nSPS) is 12.7. The Morgan fingerprint density at radius 3 is 2.90 bits per heavy atom. The van der Waals surface area contributed by atoms with Gasteiger partial charge in [0.15, 0.2) is 0 Å². The Morgan fingerprint density at radius 2 is 2.10 bits per heavy atom. The lowest BCUT2D eigenvalue weighted by Gasteiger charge is -2.17. The molecule has 3 nitrogen and oxygen atoms in total. The van der Waals surface area contributed by atoms with E-state index in [0.717, 1.165) is 18.4 Å². The molecular weight excluding hydrogens is 266 g/mol. The van der Waals surface area contributed by atoms with Gasteiger partial charge in [-0.25, -0.2) is 0 Å². The molecule has 0 saturated heterocycles. The number of fused-ring (bicyclic) bond motifs is 1. The fraction of sp³-hybridized carbons (Fsp3) is 0.188. The number of nitrogens with one attached hydrogen (secondary N) is 1. The summed E-state index contributed by atoms with van der Waals surface area (Å²) in [4.78, 5) is 5.79. The first-order chi connectivity index (χ1) is 9.88. The number of thiophene rings is 1. The molecular formula is C16H17N3S. The smallest absolute Gasteiger partial charge is 0.0705 e. The molecule has 0 spiro atoms. The van der Waals surface area contributed by atoms with Crippen LogP contribution in [0.4, 0.5) is 0 Å². The fourth-order valence-corrected chi connectivity index (χ4v) is 3.23. The van der Waals surface area contributed by atoms with Crippen molar-refractivity contribution in [2.24, 2.45) is 5.84 Å². The van der Waals surface area contributed by atoms with Crippen LogP contribution in [0.5, 0.6) is 0 Å². The molecule has 0 radical (unpaired) electrons. The van der Waals surface area contributed by atoms with Crippen LogP contribution in [0.2, 0.25) is 0 Å². The standard InChI is InChI=1S/C16H17N3S/c17-19-16(9-8-12-4-3-11-20-12)14-5-1-7-15-13(14)6-2-10-18-15/h1-7,10-11,16,19H,8-9,17H2. The molecule has 1 unspecified atom stereocenters. The predicted molar refractivity (Wildman–Crippen MR) is 84.4 cm³/mol. The van der Waals surface area contributed by atoms with Gasteiger partial charge in [0.05, 0.1) is 5.52 Å². The Bertz CT molecular complexity index is 674. The number of aromatic nitrogens is 1. The second kappa shape index (κ2) is 6.13. The number of hydrogen-bond donors (Lipinski definition) is 2. The average molecular weight is 283 g/mol. The van der Waals surface area contributed by atoms with Gasteiger partial charge >= 0.3 is 0 Å². The summed E-state index contributed by atoms with van der Waals surface area (Å²) >= 11 is 1.79. The van der Waals surface area contributed by atoms with Crippen molar-refractivity contribution in [2.75, 3.05) is 0 Å². The number of rotatable bonds is 5. The van der Waals surface area contributed by atoms with Crippen molar-refractivity contribution in [3.63, 3.8) is 0 Å². The molecule has 0 saturated carbocycles. The van der Waals surface area contributed by atoms with Crippen LogP contribution in [0.25, 0.3) is 10.9 Å². The van der Waals surface area contributed by atoms with Gasteiger partial charge in [0.1, 0.15) is 0 Å².